The summed E-state index contributed by atoms with van der Waals surface area (Å²) in [4.78, 5) is 16.3. The monoisotopic (exact) mass is 811 g/mol. The Balaban J connectivity index is 2.27. The van der Waals surface area contributed by atoms with Crippen LogP contribution in [0.5, 0.6) is 0 Å². The van der Waals surface area contributed by atoms with Gasteiger partial charge in [0.2, 0.25) is 0 Å². The molecule has 1 aromatic heterocycles. The Morgan fingerprint density at radius 2 is 1.06 bits per heavy atom. The molecule has 0 aliphatic carbocycles. The molecule has 0 amide bonds. The van der Waals surface area contributed by atoms with E-state index in [1.807, 2.05) is 6.92 Å². The molecule has 23 heteroatoms. The molecule has 2 aromatic rings. The molecule has 1 heterocycles. The van der Waals surface area contributed by atoms with E-state index in [1.54, 1.807) is 6.07 Å². The first-order valence-corrected chi connectivity index (χ1v) is 14.7. The van der Waals surface area contributed by atoms with E-state index in [1.165, 1.54) is 12.3 Å². The fourth-order valence-corrected chi connectivity index (χ4v) is 4.34. The number of rotatable bonds is 19. The van der Waals surface area contributed by atoms with Gasteiger partial charge >= 0.3 is 65.7 Å². The molecule has 0 N–H and O–H groups in total. The van der Waals surface area contributed by atoms with E-state index in [0.717, 1.165) is 61.9 Å². The Labute approximate surface area is 285 Å². The zero-order valence-electron chi connectivity index (χ0n) is 26.4. The smallest absolute Gasteiger partial charge is 0.385 e. The van der Waals surface area contributed by atoms with Crippen molar-refractivity contribution in [2.75, 3.05) is 6.61 Å². The minimum Gasteiger partial charge on any atom is -0.455 e. The quantitative estimate of drug-likeness (QED) is 0.0806. The molecule has 0 spiro atoms. The number of ether oxygens (including phenoxy) is 1. The van der Waals surface area contributed by atoms with E-state index in [9.17, 15) is 92.6 Å². The van der Waals surface area contributed by atoms with Crippen molar-refractivity contribution >= 4 is 5.97 Å². The Hall–Kier alpha value is -3.56. The van der Waals surface area contributed by atoms with Crippen molar-refractivity contribution in [3.63, 3.8) is 0 Å². The summed E-state index contributed by atoms with van der Waals surface area (Å²) in [6.45, 7) is -1.40. The predicted octanol–water partition coefficient (Wildman–Crippen LogP) is 11.4. The Bertz CT molecular complexity index is 1530. The number of pyridine rings is 1. The molecule has 3 nitrogen and oxygen atoms in total. The molecule has 0 unspecified atom stereocenters. The van der Waals surface area contributed by atoms with Crippen LogP contribution in [0.4, 0.5) is 87.8 Å². The average molecular weight is 811 g/mol. The molecule has 2 rings (SSSR count). The van der Waals surface area contributed by atoms with Gasteiger partial charge in [0, 0.05) is 11.8 Å². The fourth-order valence-electron chi connectivity index (χ4n) is 4.34. The predicted molar refractivity (Wildman–Crippen MR) is 143 cm³/mol. The molecule has 0 saturated heterocycles. The van der Waals surface area contributed by atoms with E-state index in [0.29, 0.717) is 6.42 Å². The molecular weight excluding hydrogens is 786 g/mol. The summed E-state index contributed by atoms with van der Waals surface area (Å²) in [7, 11) is 0. The van der Waals surface area contributed by atoms with Gasteiger partial charge in [-0.05, 0) is 36.6 Å². The number of esters is 1. The number of unbranched alkanes of at least 4 members (excludes halogenated alkanes) is 4. The lowest BCUT2D eigenvalue weighted by molar-refractivity contribution is -0.465. The van der Waals surface area contributed by atoms with Crippen LogP contribution in [0.3, 0.4) is 0 Å². The molecular formula is C30H25F20NO2. The topological polar surface area (TPSA) is 39.2 Å². The lowest BCUT2D eigenvalue weighted by atomic mass is 9.86. The normalized spacial score (nSPS) is 14.5. The maximum atomic E-state index is 14.2. The van der Waals surface area contributed by atoms with Crippen LogP contribution in [0.25, 0.3) is 11.3 Å². The lowest BCUT2D eigenvalue weighted by Crippen LogP contribution is -2.76. The highest BCUT2D eigenvalue weighted by Gasteiger charge is 2.96. The van der Waals surface area contributed by atoms with Gasteiger partial charge in [0.15, 0.2) is 6.61 Å². The van der Waals surface area contributed by atoms with Crippen LogP contribution >= 0.6 is 0 Å². The van der Waals surface area contributed by atoms with Gasteiger partial charge < -0.3 is 4.74 Å². The highest BCUT2D eigenvalue weighted by atomic mass is 19.4. The first-order chi connectivity index (χ1) is 23.8. The average Bonchev–Trinajstić information content (AvgIpc) is 3.06. The minimum atomic E-state index is -9.12. The van der Waals surface area contributed by atoms with Crippen molar-refractivity contribution in [1.82, 2.24) is 4.98 Å². The molecule has 0 aliphatic heterocycles. The molecule has 0 atom stereocenters. The maximum absolute atomic E-state index is 14.2. The van der Waals surface area contributed by atoms with Crippen LogP contribution in [0.15, 0.2) is 42.6 Å². The summed E-state index contributed by atoms with van der Waals surface area (Å²) in [5, 5.41) is 0. The number of carbonyl (C=O) groups is 1. The molecule has 0 saturated carbocycles. The number of halogens is 20. The van der Waals surface area contributed by atoms with Gasteiger partial charge in [-0.2, -0.15) is 79.0 Å². The summed E-state index contributed by atoms with van der Waals surface area (Å²) in [6.07, 6.45) is 1.08. The fraction of sp³-hybridized carbons (Fsp3) is 0.600. The van der Waals surface area contributed by atoms with Gasteiger partial charge in [0.05, 0.1) is 11.3 Å². The van der Waals surface area contributed by atoms with Crippen LogP contribution < -0.4 is 0 Å². The van der Waals surface area contributed by atoms with Gasteiger partial charge in [-0.15, -0.1) is 0 Å². The zero-order chi connectivity index (χ0) is 41.3. The standard InChI is InChI=1S/C30H25F20NO2/c1-2-3-4-5-6-7-16-8-13-19(51-14-16)17-9-11-18(12-10-17)20(52)53-15-22(33,34)24(37,38)26(41,42)28(45,46)30(49,50)29(47,48)27(43,44)25(39,40)23(35,36)21(31)32/h8-14,21H,2-7,15H2,1H3. The number of aryl methyl sites for hydroxylation is 1. The van der Waals surface area contributed by atoms with Crippen molar-refractivity contribution in [2.45, 2.75) is 105 Å². The summed E-state index contributed by atoms with van der Waals surface area (Å²) < 4.78 is 276. The first-order valence-electron chi connectivity index (χ1n) is 14.7. The summed E-state index contributed by atoms with van der Waals surface area (Å²) >= 11 is 0. The third kappa shape index (κ3) is 7.84. The van der Waals surface area contributed by atoms with E-state index in [-0.39, 0.29) is 11.3 Å². The van der Waals surface area contributed by atoms with Crippen LogP contribution in [-0.4, -0.2) is 77.3 Å². The second kappa shape index (κ2) is 15.3. The second-order valence-electron chi connectivity index (χ2n) is 11.5. The van der Waals surface area contributed by atoms with E-state index >= 15 is 0 Å². The van der Waals surface area contributed by atoms with E-state index < -0.39 is 77.9 Å². The molecule has 0 aliphatic rings. The number of nitrogens with zero attached hydrogens (tertiary/aromatic N) is 1. The van der Waals surface area contributed by atoms with Crippen molar-refractivity contribution in [3.05, 3.63) is 53.7 Å². The summed E-state index contributed by atoms with van der Waals surface area (Å²) in [5.74, 6) is -78.3. The van der Waals surface area contributed by atoms with Crippen LogP contribution in [0, 0.1) is 0 Å². The molecule has 0 radical (unpaired) electrons. The number of alkyl halides is 20. The SMILES string of the molecule is CCCCCCCc1ccc(-c2ccc(C(=O)OCC(F)(F)C(F)(F)C(F)(F)C(F)(F)C(F)(F)C(F)(F)C(F)(F)C(F)(F)C(F)(F)C(F)F)cc2)nc1. The zero-order valence-corrected chi connectivity index (χ0v) is 26.4. The maximum Gasteiger partial charge on any atom is 0.385 e. The third-order valence-corrected chi connectivity index (χ3v) is 7.71. The van der Waals surface area contributed by atoms with Gasteiger partial charge in [-0.3, -0.25) is 4.98 Å². The van der Waals surface area contributed by atoms with Crippen molar-refractivity contribution in [2.24, 2.45) is 0 Å². The van der Waals surface area contributed by atoms with E-state index in [4.69, 9.17) is 0 Å². The summed E-state index contributed by atoms with van der Waals surface area (Å²) in [6, 6.07) is 6.91. The van der Waals surface area contributed by atoms with Crippen molar-refractivity contribution in [1.29, 1.82) is 0 Å². The largest absolute Gasteiger partial charge is 0.455 e. The number of carbonyl (C=O) groups excluding carboxylic acids is 1. The van der Waals surface area contributed by atoms with E-state index in [2.05, 4.69) is 9.72 Å². The van der Waals surface area contributed by atoms with Crippen molar-refractivity contribution in [3.8, 4) is 11.3 Å². The van der Waals surface area contributed by atoms with Gasteiger partial charge in [-0.1, -0.05) is 50.8 Å². The molecule has 1 aromatic carbocycles. The molecule has 302 valence electrons. The Kier molecular flexibility index (Phi) is 13.2. The molecule has 53 heavy (non-hydrogen) atoms. The third-order valence-electron chi connectivity index (χ3n) is 7.71. The molecule has 0 bridgehead atoms. The van der Waals surface area contributed by atoms with Crippen molar-refractivity contribution < 1.29 is 97.3 Å². The van der Waals surface area contributed by atoms with Crippen LogP contribution in [0.2, 0.25) is 0 Å². The first kappa shape index (κ1) is 45.6. The van der Waals surface area contributed by atoms with Crippen LogP contribution in [-0.2, 0) is 11.2 Å². The minimum absolute atomic E-state index is 0.244. The number of benzene rings is 1. The van der Waals surface area contributed by atoms with Gasteiger partial charge in [0.25, 0.3) is 0 Å². The molecule has 0 fully saturated rings. The van der Waals surface area contributed by atoms with Gasteiger partial charge in [0.1, 0.15) is 0 Å². The van der Waals surface area contributed by atoms with Crippen LogP contribution in [0.1, 0.15) is 54.9 Å². The second-order valence-corrected chi connectivity index (χ2v) is 11.5. The highest BCUT2D eigenvalue weighted by molar-refractivity contribution is 5.90. The number of aromatic nitrogens is 1. The Morgan fingerprint density at radius 1 is 0.604 bits per heavy atom. The van der Waals surface area contributed by atoms with Gasteiger partial charge in [-0.25, -0.2) is 13.6 Å². The number of hydrogen-bond acceptors (Lipinski definition) is 3. The highest BCUT2D eigenvalue weighted by Crippen LogP contribution is 2.65. The Morgan fingerprint density at radius 3 is 1.49 bits per heavy atom. The summed E-state index contributed by atoms with van der Waals surface area (Å²) in [5.41, 5.74) is 0.552. The number of hydrogen-bond donors (Lipinski definition) is 0. The lowest BCUT2D eigenvalue weighted by Gasteiger charge is -2.44.